The number of aliphatic hydroxyl groups excluding tert-OH is 2. The molecule has 92 valence electrons. The molecule has 0 atom stereocenters. The molecule has 4 nitrogen and oxygen atoms in total. The van der Waals surface area contributed by atoms with Crippen molar-refractivity contribution in [3.63, 3.8) is 0 Å². The third-order valence-corrected chi connectivity index (χ3v) is 2.93. The summed E-state index contributed by atoms with van der Waals surface area (Å²) in [6.45, 7) is -0.167. The fourth-order valence-corrected chi connectivity index (χ4v) is 1.88. The highest BCUT2D eigenvalue weighted by Gasteiger charge is 2.31. The van der Waals surface area contributed by atoms with Gasteiger partial charge in [-0.1, -0.05) is 12.1 Å². The first-order valence-electron chi connectivity index (χ1n) is 5.50. The van der Waals surface area contributed by atoms with Gasteiger partial charge in [-0.15, -0.1) is 0 Å². The van der Waals surface area contributed by atoms with Crippen LogP contribution >= 0.6 is 0 Å². The monoisotopic (exact) mass is 235 g/mol. The van der Waals surface area contributed by atoms with E-state index in [4.69, 9.17) is 14.9 Å². The number of rotatable bonds is 6. The molecule has 2 N–H and O–H groups in total. The third-order valence-electron chi connectivity index (χ3n) is 2.93. The zero-order chi connectivity index (χ0) is 12.7. The lowest BCUT2D eigenvalue weighted by Gasteiger charge is -2.25. The van der Waals surface area contributed by atoms with Crippen LogP contribution in [0, 0.1) is 11.3 Å². The number of nitriles is 1. The summed E-state index contributed by atoms with van der Waals surface area (Å²) in [7, 11) is 1.58. The molecule has 17 heavy (non-hydrogen) atoms. The number of methoxy groups -OCH3 is 1. The van der Waals surface area contributed by atoms with E-state index in [9.17, 15) is 5.26 Å². The molecule has 0 fully saturated rings. The van der Waals surface area contributed by atoms with E-state index in [0.29, 0.717) is 18.6 Å². The quantitative estimate of drug-likeness (QED) is 0.777. The lowest BCUT2D eigenvalue weighted by Crippen LogP contribution is -2.27. The predicted octanol–water partition coefficient (Wildman–Crippen LogP) is 1.22. The van der Waals surface area contributed by atoms with Gasteiger partial charge in [0.05, 0.1) is 18.6 Å². The van der Waals surface area contributed by atoms with Crippen molar-refractivity contribution in [3.8, 4) is 11.8 Å². The molecule has 1 aromatic carbocycles. The van der Waals surface area contributed by atoms with Crippen molar-refractivity contribution in [2.24, 2.45) is 0 Å². The van der Waals surface area contributed by atoms with Crippen LogP contribution in [0.1, 0.15) is 18.4 Å². The summed E-state index contributed by atoms with van der Waals surface area (Å²) in [6.07, 6.45) is 0.632. The van der Waals surface area contributed by atoms with Crippen LogP contribution in [0.25, 0.3) is 0 Å². The van der Waals surface area contributed by atoms with Gasteiger partial charge in [0.15, 0.2) is 0 Å². The van der Waals surface area contributed by atoms with Crippen molar-refractivity contribution < 1.29 is 14.9 Å². The highest BCUT2D eigenvalue weighted by atomic mass is 16.5. The van der Waals surface area contributed by atoms with Crippen molar-refractivity contribution in [2.75, 3.05) is 20.3 Å². The normalized spacial score (nSPS) is 10.9. The van der Waals surface area contributed by atoms with Gasteiger partial charge in [-0.3, -0.25) is 0 Å². The Kier molecular flexibility index (Phi) is 4.95. The first-order valence-corrected chi connectivity index (χ1v) is 5.50. The fourth-order valence-electron chi connectivity index (χ4n) is 1.88. The summed E-state index contributed by atoms with van der Waals surface area (Å²) < 4.78 is 5.05. The van der Waals surface area contributed by atoms with Crippen molar-refractivity contribution in [1.82, 2.24) is 0 Å². The number of benzene rings is 1. The first kappa shape index (κ1) is 13.5. The van der Waals surface area contributed by atoms with Crippen LogP contribution in [-0.4, -0.2) is 30.5 Å². The topological polar surface area (TPSA) is 73.5 Å². The lowest BCUT2D eigenvalue weighted by atomic mass is 9.76. The van der Waals surface area contributed by atoms with Crippen LogP contribution in [0.2, 0.25) is 0 Å². The zero-order valence-electron chi connectivity index (χ0n) is 9.89. The van der Waals surface area contributed by atoms with E-state index in [-0.39, 0.29) is 13.2 Å². The van der Waals surface area contributed by atoms with Gasteiger partial charge in [0.2, 0.25) is 0 Å². The van der Waals surface area contributed by atoms with E-state index >= 15 is 0 Å². The number of hydrogen-bond acceptors (Lipinski definition) is 4. The maximum absolute atomic E-state index is 9.32. The molecule has 1 rings (SSSR count). The molecule has 0 aliphatic carbocycles. The second-order valence-electron chi connectivity index (χ2n) is 3.87. The minimum Gasteiger partial charge on any atom is -0.497 e. The summed E-state index contributed by atoms with van der Waals surface area (Å²) in [5.74, 6) is 0.716. The van der Waals surface area contributed by atoms with E-state index in [1.165, 1.54) is 0 Å². The maximum Gasteiger partial charge on any atom is 0.118 e. The summed E-state index contributed by atoms with van der Waals surface area (Å²) in [4.78, 5) is 0. The number of aliphatic hydroxyl groups is 2. The second-order valence-corrected chi connectivity index (χ2v) is 3.87. The molecule has 0 aliphatic heterocycles. The van der Waals surface area contributed by atoms with Crippen LogP contribution in [0.4, 0.5) is 0 Å². The van der Waals surface area contributed by atoms with Crippen molar-refractivity contribution in [1.29, 1.82) is 5.26 Å². The highest BCUT2D eigenvalue weighted by molar-refractivity contribution is 5.36. The Morgan fingerprint density at radius 2 is 1.71 bits per heavy atom. The molecule has 0 saturated carbocycles. The Labute approximate surface area is 101 Å². The van der Waals surface area contributed by atoms with Crippen LogP contribution < -0.4 is 4.74 Å². The number of nitrogens with zero attached hydrogens (tertiary/aromatic N) is 1. The van der Waals surface area contributed by atoms with Crippen molar-refractivity contribution in [2.45, 2.75) is 18.3 Å². The standard InChI is InChI=1S/C13H17NO3/c1-17-12-4-2-11(3-5-12)13(10-14,6-8-15)7-9-16/h2-5,15-16H,6-9H2,1H3. The Hall–Kier alpha value is -1.57. The highest BCUT2D eigenvalue weighted by Crippen LogP contribution is 2.31. The zero-order valence-corrected chi connectivity index (χ0v) is 9.89. The predicted molar refractivity (Wildman–Crippen MR) is 63.7 cm³/mol. The Morgan fingerprint density at radius 1 is 1.18 bits per heavy atom. The van der Waals surface area contributed by atoms with Gasteiger partial charge in [0, 0.05) is 13.2 Å². The van der Waals surface area contributed by atoms with Crippen LogP contribution in [0.3, 0.4) is 0 Å². The molecule has 0 amide bonds. The Balaban J connectivity index is 3.07. The molecule has 4 heteroatoms. The first-order chi connectivity index (χ1) is 8.22. The average molecular weight is 235 g/mol. The van der Waals surface area contributed by atoms with E-state index < -0.39 is 5.41 Å². The third kappa shape index (κ3) is 2.96. The van der Waals surface area contributed by atoms with Gasteiger partial charge in [-0.25, -0.2) is 0 Å². The SMILES string of the molecule is COc1ccc(C(C#N)(CCO)CCO)cc1. The van der Waals surface area contributed by atoms with Crippen molar-refractivity contribution in [3.05, 3.63) is 29.8 Å². The van der Waals surface area contributed by atoms with Gasteiger partial charge in [-0.05, 0) is 30.5 Å². The van der Waals surface area contributed by atoms with E-state index in [0.717, 1.165) is 5.56 Å². The molecule has 0 bridgehead atoms. The molecule has 1 aromatic rings. The van der Waals surface area contributed by atoms with Crippen LogP contribution in [0.15, 0.2) is 24.3 Å². The van der Waals surface area contributed by atoms with Gasteiger partial charge in [-0.2, -0.15) is 5.26 Å². The van der Waals surface area contributed by atoms with E-state index in [1.807, 2.05) is 0 Å². The molecule has 0 unspecified atom stereocenters. The molecule has 0 saturated heterocycles. The Morgan fingerprint density at radius 3 is 2.06 bits per heavy atom. The van der Waals surface area contributed by atoms with E-state index in [1.54, 1.807) is 31.4 Å². The van der Waals surface area contributed by atoms with Gasteiger partial charge in [0.25, 0.3) is 0 Å². The molecule has 0 heterocycles. The van der Waals surface area contributed by atoms with E-state index in [2.05, 4.69) is 6.07 Å². The van der Waals surface area contributed by atoms with Crippen LogP contribution in [0.5, 0.6) is 5.75 Å². The van der Waals surface area contributed by atoms with Crippen molar-refractivity contribution >= 4 is 0 Å². The Bertz CT molecular complexity index is 375. The minimum atomic E-state index is -0.824. The summed E-state index contributed by atoms with van der Waals surface area (Å²) in [5, 5.41) is 27.4. The second kappa shape index (κ2) is 6.24. The molecule has 0 radical (unpaired) electrons. The summed E-state index contributed by atoms with van der Waals surface area (Å²) in [5.41, 5.74) is -0.0284. The number of ether oxygens (including phenoxy) is 1. The average Bonchev–Trinajstić information content (AvgIpc) is 2.38. The minimum absolute atomic E-state index is 0.0837. The summed E-state index contributed by atoms with van der Waals surface area (Å²) >= 11 is 0. The lowest BCUT2D eigenvalue weighted by molar-refractivity contribution is 0.217. The molecule has 0 aliphatic rings. The molecule has 0 spiro atoms. The largest absolute Gasteiger partial charge is 0.497 e. The maximum atomic E-state index is 9.32. The molecule has 0 aromatic heterocycles. The smallest absolute Gasteiger partial charge is 0.118 e. The van der Waals surface area contributed by atoms with Gasteiger partial charge >= 0.3 is 0 Å². The van der Waals surface area contributed by atoms with Gasteiger partial charge < -0.3 is 14.9 Å². The summed E-state index contributed by atoms with van der Waals surface area (Å²) in [6, 6.07) is 9.36. The molecular weight excluding hydrogens is 218 g/mol. The van der Waals surface area contributed by atoms with Gasteiger partial charge in [0.1, 0.15) is 5.75 Å². The molecular formula is C13H17NO3. The van der Waals surface area contributed by atoms with Crippen LogP contribution in [-0.2, 0) is 5.41 Å². The fraction of sp³-hybridized carbons (Fsp3) is 0.462. The number of hydrogen-bond donors (Lipinski definition) is 2.